The molecule has 8 nitrogen and oxygen atoms in total. The number of aldehydes is 1. The molecule has 0 bridgehead atoms. The first-order chi connectivity index (χ1) is 16.0. The summed E-state index contributed by atoms with van der Waals surface area (Å²) in [5.74, 6) is 6.01. The van der Waals surface area contributed by atoms with Crippen LogP contribution in [0.2, 0.25) is 0 Å². The van der Waals surface area contributed by atoms with E-state index >= 15 is 0 Å². The van der Waals surface area contributed by atoms with E-state index in [9.17, 15) is 18.0 Å². The SMILES string of the molecule is COC.Cn1nc(C=O)cc1-c1ccc(Br)cc1N(N)/C(=C\N)c1ccc(OC(F)(F)F)cc1. The van der Waals surface area contributed by atoms with Crippen molar-refractivity contribution < 1.29 is 27.4 Å². The molecule has 0 spiro atoms. The van der Waals surface area contributed by atoms with E-state index in [4.69, 9.17) is 11.6 Å². The summed E-state index contributed by atoms with van der Waals surface area (Å²) in [6.07, 6.45) is -2.91. The third kappa shape index (κ3) is 6.83. The number of rotatable bonds is 6. The van der Waals surface area contributed by atoms with Crippen molar-refractivity contribution in [1.82, 2.24) is 9.78 Å². The van der Waals surface area contributed by atoms with Crippen molar-refractivity contribution >= 4 is 33.6 Å². The number of nitrogens with two attached hydrogens (primary N) is 2. The van der Waals surface area contributed by atoms with Crippen molar-refractivity contribution in [3.63, 3.8) is 0 Å². The minimum Gasteiger partial charge on any atom is -0.406 e. The minimum atomic E-state index is -4.79. The number of carbonyl (C=O) groups is 1. The van der Waals surface area contributed by atoms with Crippen molar-refractivity contribution in [3.05, 3.63) is 70.5 Å². The summed E-state index contributed by atoms with van der Waals surface area (Å²) in [6.45, 7) is 0. The number of hydrogen-bond donors (Lipinski definition) is 2. The van der Waals surface area contributed by atoms with Gasteiger partial charge in [-0.25, -0.2) is 5.84 Å². The molecule has 182 valence electrons. The summed E-state index contributed by atoms with van der Waals surface area (Å²) < 4.78 is 47.6. The summed E-state index contributed by atoms with van der Waals surface area (Å²) in [4.78, 5) is 11.1. The number of hydrazine groups is 1. The molecule has 4 N–H and O–H groups in total. The Morgan fingerprint density at radius 2 is 1.76 bits per heavy atom. The molecule has 3 aromatic rings. The molecule has 1 heterocycles. The Morgan fingerprint density at radius 1 is 1.15 bits per heavy atom. The molecule has 12 heteroatoms. The molecule has 0 atom stereocenters. The van der Waals surface area contributed by atoms with Gasteiger partial charge in [-0.2, -0.15) is 5.10 Å². The number of anilines is 1. The van der Waals surface area contributed by atoms with Crippen molar-refractivity contribution in [2.24, 2.45) is 18.6 Å². The lowest BCUT2D eigenvalue weighted by Gasteiger charge is -2.25. The first kappa shape index (κ1) is 26.9. The molecule has 0 saturated heterocycles. The number of aromatic nitrogens is 2. The summed E-state index contributed by atoms with van der Waals surface area (Å²) in [7, 11) is 4.94. The van der Waals surface area contributed by atoms with E-state index in [1.807, 2.05) is 0 Å². The summed E-state index contributed by atoms with van der Waals surface area (Å²) in [5, 5.41) is 5.42. The average molecular weight is 542 g/mol. The lowest BCUT2D eigenvalue weighted by atomic mass is 10.1. The fourth-order valence-corrected chi connectivity index (χ4v) is 3.34. The third-order valence-corrected chi connectivity index (χ3v) is 4.81. The van der Waals surface area contributed by atoms with Crippen LogP contribution in [0.3, 0.4) is 0 Å². The quantitative estimate of drug-likeness (QED) is 0.269. The van der Waals surface area contributed by atoms with Gasteiger partial charge in [0.15, 0.2) is 6.29 Å². The highest BCUT2D eigenvalue weighted by molar-refractivity contribution is 9.10. The van der Waals surface area contributed by atoms with Gasteiger partial charge in [-0.1, -0.05) is 15.9 Å². The number of benzene rings is 2. The van der Waals surface area contributed by atoms with Crippen LogP contribution >= 0.6 is 15.9 Å². The highest BCUT2D eigenvalue weighted by Crippen LogP contribution is 2.36. The molecular formula is C22H23BrF3N5O3. The molecule has 0 amide bonds. The molecule has 34 heavy (non-hydrogen) atoms. The first-order valence-electron chi connectivity index (χ1n) is 9.56. The maximum atomic E-state index is 12.4. The van der Waals surface area contributed by atoms with Gasteiger partial charge in [-0.15, -0.1) is 13.2 Å². The van der Waals surface area contributed by atoms with Gasteiger partial charge in [0, 0.05) is 43.1 Å². The summed E-state index contributed by atoms with van der Waals surface area (Å²) in [5.41, 5.74) is 8.64. The lowest BCUT2D eigenvalue weighted by Crippen LogP contribution is -2.30. The average Bonchev–Trinajstić information content (AvgIpc) is 3.15. The third-order valence-electron chi connectivity index (χ3n) is 4.32. The predicted octanol–water partition coefficient (Wildman–Crippen LogP) is 4.46. The number of ether oxygens (including phenoxy) is 2. The van der Waals surface area contributed by atoms with E-state index in [0.717, 1.165) is 4.47 Å². The van der Waals surface area contributed by atoms with Gasteiger partial charge in [0.1, 0.15) is 11.4 Å². The normalized spacial score (nSPS) is 11.5. The minimum absolute atomic E-state index is 0.254. The van der Waals surface area contributed by atoms with Crippen molar-refractivity contribution in [2.45, 2.75) is 6.36 Å². The van der Waals surface area contributed by atoms with Crippen LogP contribution in [0.4, 0.5) is 18.9 Å². The van der Waals surface area contributed by atoms with Gasteiger partial charge in [-0.3, -0.25) is 14.5 Å². The van der Waals surface area contributed by atoms with E-state index in [1.54, 1.807) is 50.2 Å². The number of halogens is 4. The molecule has 1 aromatic heterocycles. The maximum absolute atomic E-state index is 12.4. The monoisotopic (exact) mass is 541 g/mol. The maximum Gasteiger partial charge on any atom is 0.573 e. The first-order valence-corrected chi connectivity index (χ1v) is 10.4. The second-order valence-electron chi connectivity index (χ2n) is 6.76. The number of carbonyl (C=O) groups excluding carboxylic acids is 1. The van der Waals surface area contributed by atoms with Crippen molar-refractivity contribution in [1.29, 1.82) is 0 Å². The zero-order valence-electron chi connectivity index (χ0n) is 18.5. The van der Waals surface area contributed by atoms with E-state index in [2.05, 4.69) is 30.5 Å². The van der Waals surface area contributed by atoms with E-state index in [1.165, 1.54) is 35.5 Å². The second kappa shape index (κ2) is 11.7. The van der Waals surface area contributed by atoms with Crippen LogP contribution in [0.25, 0.3) is 17.0 Å². The molecule has 2 aromatic carbocycles. The largest absolute Gasteiger partial charge is 0.573 e. The lowest BCUT2D eigenvalue weighted by molar-refractivity contribution is -0.274. The van der Waals surface area contributed by atoms with Gasteiger partial charge >= 0.3 is 6.36 Å². The van der Waals surface area contributed by atoms with Crippen LogP contribution in [-0.2, 0) is 11.8 Å². The highest BCUT2D eigenvalue weighted by atomic mass is 79.9. The second-order valence-corrected chi connectivity index (χ2v) is 7.68. The van der Waals surface area contributed by atoms with Crippen LogP contribution in [0.5, 0.6) is 5.75 Å². The predicted molar refractivity (Wildman–Crippen MR) is 127 cm³/mol. The number of hydrogen-bond acceptors (Lipinski definition) is 7. The zero-order chi connectivity index (χ0) is 25.5. The summed E-state index contributed by atoms with van der Waals surface area (Å²) >= 11 is 3.40. The Morgan fingerprint density at radius 3 is 2.26 bits per heavy atom. The van der Waals surface area contributed by atoms with E-state index in [-0.39, 0.29) is 11.4 Å². The molecular weight excluding hydrogens is 519 g/mol. The van der Waals surface area contributed by atoms with Crippen LogP contribution in [0.1, 0.15) is 16.1 Å². The van der Waals surface area contributed by atoms with Gasteiger partial charge in [0.2, 0.25) is 0 Å². The Hall–Kier alpha value is -3.35. The Balaban J connectivity index is 0.00000129. The molecule has 0 fully saturated rings. The fraction of sp³-hybridized carbons (Fsp3) is 0.182. The van der Waals surface area contributed by atoms with Crippen LogP contribution in [0.15, 0.2) is 59.2 Å². The Kier molecular flexibility index (Phi) is 9.24. The summed E-state index contributed by atoms with van der Waals surface area (Å²) in [6, 6.07) is 12.1. The number of methoxy groups -OCH3 is 1. The van der Waals surface area contributed by atoms with Crippen molar-refractivity contribution in [2.75, 3.05) is 19.2 Å². The van der Waals surface area contributed by atoms with Crippen LogP contribution in [-0.4, -0.2) is 36.6 Å². The molecule has 0 radical (unpaired) electrons. The number of nitrogens with zero attached hydrogens (tertiary/aromatic N) is 3. The van der Waals surface area contributed by atoms with E-state index < -0.39 is 6.36 Å². The molecule has 0 aliphatic heterocycles. The van der Waals surface area contributed by atoms with Crippen LogP contribution in [0, 0.1) is 0 Å². The Bertz CT molecular complexity index is 1150. The smallest absolute Gasteiger partial charge is 0.406 e. The standard InChI is InChI=1S/C20H17BrF3N5O2.C2H6O/c1-28-17(9-14(11-30)27-28)16-7-4-13(21)8-18(16)29(26)19(10-25)12-2-5-15(6-3-12)31-20(22,23)24;1-3-2/h2-11H,25-26H2,1H3;1-2H3/b19-10-;. The molecule has 0 saturated carbocycles. The molecule has 0 aliphatic rings. The van der Waals surface area contributed by atoms with Gasteiger partial charge in [-0.05, 0) is 48.5 Å². The topological polar surface area (TPSA) is 109 Å². The molecule has 0 aliphatic carbocycles. The number of alkyl halides is 3. The van der Waals surface area contributed by atoms with E-state index in [0.29, 0.717) is 34.5 Å². The zero-order valence-corrected chi connectivity index (χ0v) is 20.1. The molecule has 0 unspecified atom stereocenters. The Labute approximate surface area is 202 Å². The highest BCUT2D eigenvalue weighted by Gasteiger charge is 2.31. The number of aryl methyl sites for hydroxylation is 1. The van der Waals surface area contributed by atoms with Gasteiger partial charge in [0.05, 0.1) is 17.1 Å². The van der Waals surface area contributed by atoms with Gasteiger partial charge < -0.3 is 15.2 Å². The molecule has 3 rings (SSSR count). The fourth-order valence-electron chi connectivity index (χ4n) is 2.99. The van der Waals surface area contributed by atoms with Crippen LogP contribution < -0.4 is 21.3 Å². The van der Waals surface area contributed by atoms with Crippen molar-refractivity contribution in [3.8, 4) is 17.0 Å². The van der Waals surface area contributed by atoms with Gasteiger partial charge in [0.25, 0.3) is 0 Å².